The first-order valence-corrected chi connectivity index (χ1v) is 6.38. The lowest BCUT2D eigenvalue weighted by atomic mass is 10.1. The number of carbonyl (C=O) groups excluding carboxylic acids is 2. The SMILES string of the molecule is COC(=O)[C@@H](Cc1cnc[nH]1)NC(=O)c1ccncc1C. The molecular weight excluding hydrogens is 272 g/mol. The van der Waals surface area contributed by atoms with Crippen molar-refractivity contribution in [1.82, 2.24) is 20.3 Å². The van der Waals surface area contributed by atoms with Gasteiger partial charge in [0.05, 0.1) is 13.4 Å². The van der Waals surface area contributed by atoms with Crippen molar-refractivity contribution in [2.45, 2.75) is 19.4 Å². The summed E-state index contributed by atoms with van der Waals surface area (Å²) in [5.74, 6) is -0.852. The molecule has 2 heterocycles. The van der Waals surface area contributed by atoms with Gasteiger partial charge in [0.25, 0.3) is 5.91 Å². The van der Waals surface area contributed by atoms with Crippen molar-refractivity contribution in [3.63, 3.8) is 0 Å². The molecule has 1 atom stereocenters. The van der Waals surface area contributed by atoms with Gasteiger partial charge in [-0.15, -0.1) is 0 Å². The minimum absolute atomic E-state index is 0.280. The smallest absolute Gasteiger partial charge is 0.328 e. The molecule has 0 radical (unpaired) electrons. The molecule has 7 heteroatoms. The van der Waals surface area contributed by atoms with Gasteiger partial charge < -0.3 is 15.0 Å². The highest BCUT2D eigenvalue weighted by Crippen LogP contribution is 2.07. The van der Waals surface area contributed by atoms with Crippen LogP contribution in [0.1, 0.15) is 21.6 Å². The molecule has 0 spiro atoms. The molecule has 1 amide bonds. The van der Waals surface area contributed by atoms with Crippen LogP contribution in [0.15, 0.2) is 31.0 Å². The number of carbonyl (C=O) groups is 2. The number of nitrogens with one attached hydrogen (secondary N) is 2. The first-order chi connectivity index (χ1) is 10.1. The molecule has 2 aromatic heterocycles. The van der Waals surface area contributed by atoms with E-state index in [1.807, 2.05) is 0 Å². The maximum absolute atomic E-state index is 12.3. The normalized spacial score (nSPS) is 11.7. The first-order valence-electron chi connectivity index (χ1n) is 6.38. The fourth-order valence-electron chi connectivity index (χ4n) is 1.92. The van der Waals surface area contributed by atoms with Gasteiger partial charge >= 0.3 is 5.97 Å². The number of hydrogen-bond acceptors (Lipinski definition) is 5. The number of ether oxygens (including phenoxy) is 1. The number of aromatic nitrogens is 3. The second-order valence-corrected chi connectivity index (χ2v) is 4.52. The molecule has 110 valence electrons. The Morgan fingerprint density at radius 2 is 2.19 bits per heavy atom. The highest BCUT2D eigenvalue weighted by atomic mass is 16.5. The predicted octanol–water partition coefficient (Wildman–Crippen LogP) is 0.627. The van der Waals surface area contributed by atoms with Crippen LogP contribution in [0.3, 0.4) is 0 Å². The number of pyridine rings is 1. The summed E-state index contributed by atoms with van der Waals surface area (Å²) in [4.78, 5) is 34.8. The number of methoxy groups -OCH3 is 1. The van der Waals surface area contributed by atoms with Crippen LogP contribution < -0.4 is 5.32 Å². The Balaban J connectivity index is 2.13. The highest BCUT2D eigenvalue weighted by molar-refractivity contribution is 5.97. The van der Waals surface area contributed by atoms with E-state index in [9.17, 15) is 9.59 Å². The van der Waals surface area contributed by atoms with Crippen molar-refractivity contribution in [3.05, 3.63) is 47.8 Å². The third-order valence-electron chi connectivity index (χ3n) is 3.03. The highest BCUT2D eigenvalue weighted by Gasteiger charge is 2.23. The zero-order chi connectivity index (χ0) is 15.2. The second-order valence-electron chi connectivity index (χ2n) is 4.52. The van der Waals surface area contributed by atoms with Gasteiger partial charge in [0.1, 0.15) is 6.04 Å². The Labute approximate surface area is 121 Å². The van der Waals surface area contributed by atoms with Crippen LogP contribution in [0.2, 0.25) is 0 Å². The molecule has 21 heavy (non-hydrogen) atoms. The van der Waals surface area contributed by atoms with Crippen LogP contribution >= 0.6 is 0 Å². The molecule has 0 saturated carbocycles. The molecule has 0 fully saturated rings. The summed E-state index contributed by atoms with van der Waals surface area (Å²) in [5.41, 5.74) is 1.95. The fourth-order valence-corrected chi connectivity index (χ4v) is 1.92. The number of nitrogens with zero attached hydrogens (tertiary/aromatic N) is 2. The van der Waals surface area contributed by atoms with Crippen LogP contribution in [-0.2, 0) is 16.0 Å². The summed E-state index contributed by atoms with van der Waals surface area (Å²) in [5, 5.41) is 2.67. The number of hydrogen-bond donors (Lipinski definition) is 2. The number of esters is 1. The average molecular weight is 288 g/mol. The fraction of sp³-hybridized carbons (Fsp3) is 0.286. The standard InChI is InChI=1S/C14H16N4O3/c1-9-6-15-4-3-11(9)13(19)18-12(14(20)21-2)5-10-7-16-8-17-10/h3-4,6-8,12H,5H2,1-2H3,(H,16,17)(H,18,19)/t12-/m1/s1. The Hall–Kier alpha value is -2.70. The maximum Gasteiger partial charge on any atom is 0.328 e. The zero-order valence-electron chi connectivity index (χ0n) is 11.8. The third kappa shape index (κ3) is 3.65. The number of rotatable bonds is 5. The average Bonchev–Trinajstić information content (AvgIpc) is 2.99. The topological polar surface area (TPSA) is 97.0 Å². The van der Waals surface area contributed by atoms with E-state index in [2.05, 4.69) is 20.3 Å². The van der Waals surface area contributed by atoms with Gasteiger partial charge in [-0.1, -0.05) is 0 Å². The van der Waals surface area contributed by atoms with Crippen molar-refractivity contribution in [3.8, 4) is 0 Å². The molecule has 0 aliphatic rings. The van der Waals surface area contributed by atoms with Gasteiger partial charge in [0.15, 0.2) is 0 Å². The molecule has 7 nitrogen and oxygen atoms in total. The van der Waals surface area contributed by atoms with Crippen LogP contribution in [0.4, 0.5) is 0 Å². The molecule has 0 aliphatic carbocycles. The number of H-pyrrole nitrogens is 1. The summed E-state index contributed by atoms with van der Waals surface area (Å²) < 4.78 is 4.73. The Bertz CT molecular complexity index is 625. The molecule has 2 aromatic rings. The van der Waals surface area contributed by atoms with E-state index >= 15 is 0 Å². The maximum atomic E-state index is 12.3. The van der Waals surface area contributed by atoms with Crippen LogP contribution in [0.25, 0.3) is 0 Å². The van der Waals surface area contributed by atoms with Crippen LogP contribution in [0.5, 0.6) is 0 Å². The molecule has 0 bridgehead atoms. The van der Waals surface area contributed by atoms with Crippen molar-refractivity contribution >= 4 is 11.9 Å². The lowest BCUT2D eigenvalue weighted by Gasteiger charge is -2.16. The Morgan fingerprint density at radius 1 is 1.38 bits per heavy atom. The lowest BCUT2D eigenvalue weighted by molar-refractivity contribution is -0.142. The molecule has 2 rings (SSSR count). The van der Waals surface area contributed by atoms with Gasteiger partial charge in [0.2, 0.25) is 0 Å². The minimum Gasteiger partial charge on any atom is -0.467 e. The number of aryl methyl sites for hydroxylation is 1. The summed E-state index contributed by atoms with van der Waals surface area (Å²) in [7, 11) is 1.28. The van der Waals surface area contributed by atoms with Gasteiger partial charge in [-0.3, -0.25) is 9.78 Å². The van der Waals surface area contributed by atoms with Crippen LogP contribution in [-0.4, -0.2) is 40.0 Å². The third-order valence-corrected chi connectivity index (χ3v) is 3.03. The number of aromatic amines is 1. The van der Waals surface area contributed by atoms with E-state index in [4.69, 9.17) is 4.74 Å². The molecular formula is C14H16N4O3. The van der Waals surface area contributed by atoms with E-state index in [1.165, 1.54) is 19.6 Å². The van der Waals surface area contributed by atoms with Crippen molar-refractivity contribution in [2.24, 2.45) is 0 Å². The number of amides is 1. The Kier molecular flexibility index (Phi) is 4.65. The monoisotopic (exact) mass is 288 g/mol. The largest absolute Gasteiger partial charge is 0.467 e. The molecule has 0 unspecified atom stereocenters. The Morgan fingerprint density at radius 3 is 2.81 bits per heavy atom. The van der Waals surface area contributed by atoms with Gasteiger partial charge in [-0.05, 0) is 18.6 Å². The van der Waals surface area contributed by atoms with Crippen molar-refractivity contribution in [2.75, 3.05) is 7.11 Å². The van der Waals surface area contributed by atoms with Crippen molar-refractivity contribution in [1.29, 1.82) is 0 Å². The predicted molar refractivity (Wildman–Crippen MR) is 74.5 cm³/mol. The summed E-state index contributed by atoms with van der Waals surface area (Å²) in [6.07, 6.45) is 6.52. The lowest BCUT2D eigenvalue weighted by Crippen LogP contribution is -2.43. The van der Waals surface area contributed by atoms with E-state index in [1.54, 1.807) is 25.4 Å². The zero-order valence-corrected chi connectivity index (χ0v) is 11.8. The van der Waals surface area contributed by atoms with Crippen molar-refractivity contribution < 1.29 is 14.3 Å². The molecule has 2 N–H and O–H groups in total. The number of imidazole rings is 1. The first kappa shape index (κ1) is 14.7. The van der Waals surface area contributed by atoms with Gasteiger partial charge in [0, 0.05) is 36.3 Å². The van der Waals surface area contributed by atoms with E-state index < -0.39 is 12.0 Å². The molecule has 0 aromatic carbocycles. The van der Waals surface area contributed by atoms with E-state index in [0.29, 0.717) is 5.56 Å². The minimum atomic E-state index is -0.782. The van der Waals surface area contributed by atoms with Gasteiger partial charge in [-0.2, -0.15) is 0 Å². The van der Waals surface area contributed by atoms with E-state index in [0.717, 1.165) is 11.3 Å². The summed E-state index contributed by atoms with van der Waals surface area (Å²) >= 11 is 0. The molecule has 0 saturated heterocycles. The van der Waals surface area contributed by atoms with E-state index in [-0.39, 0.29) is 12.3 Å². The summed E-state index contributed by atoms with van der Waals surface area (Å²) in [6, 6.07) is 0.824. The second kappa shape index (κ2) is 6.65. The quantitative estimate of drug-likeness (QED) is 0.786. The van der Waals surface area contributed by atoms with Crippen LogP contribution in [0, 0.1) is 6.92 Å². The summed E-state index contributed by atoms with van der Waals surface area (Å²) in [6.45, 7) is 1.78. The van der Waals surface area contributed by atoms with Gasteiger partial charge in [-0.25, -0.2) is 9.78 Å². The molecule has 0 aliphatic heterocycles.